The number of nitrogens with zero attached hydrogens (tertiary/aromatic N) is 4. The van der Waals surface area contributed by atoms with Gasteiger partial charge in [0.2, 0.25) is 5.91 Å². The second-order valence-electron chi connectivity index (χ2n) is 6.84. The van der Waals surface area contributed by atoms with E-state index in [1.807, 2.05) is 30.3 Å². The van der Waals surface area contributed by atoms with Crippen molar-refractivity contribution in [3.05, 3.63) is 30.3 Å². The third-order valence-corrected chi connectivity index (χ3v) is 4.54. The van der Waals surface area contributed by atoms with E-state index in [2.05, 4.69) is 20.1 Å². The minimum absolute atomic E-state index is 0. The molecule has 1 aromatic rings. The van der Waals surface area contributed by atoms with E-state index >= 15 is 0 Å². The average Bonchev–Trinajstić information content (AvgIpc) is 2.71. The molecule has 2 rings (SSSR count). The van der Waals surface area contributed by atoms with E-state index in [0.717, 1.165) is 44.4 Å². The molecular formula is C20H34IN5O3. The standard InChI is InChI=1S/C20H33N5O3.HI/c1-23(2)19(26)17-22-20(21-9-15-27-3)25-12-10-24(11-13-25)14-16-28-18-7-5-4-6-8-18;/h4-8H,9-17H2,1-3H3,(H,21,22);1H. The molecule has 0 bridgehead atoms. The summed E-state index contributed by atoms with van der Waals surface area (Å²) in [6.45, 7) is 6.57. The van der Waals surface area contributed by atoms with Crippen LogP contribution in [-0.4, -0.2) is 107 Å². The highest BCUT2D eigenvalue weighted by Gasteiger charge is 2.20. The van der Waals surface area contributed by atoms with Crippen molar-refractivity contribution in [3.63, 3.8) is 0 Å². The van der Waals surface area contributed by atoms with Crippen LogP contribution in [0, 0.1) is 0 Å². The number of halogens is 1. The van der Waals surface area contributed by atoms with Crippen molar-refractivity contribution < 1.29 is 14.3 Å². The molecule has 1 aromatic carbocycles. The molecule has 0 aliphatic carbocycles. The normalized spacial score (nSPS) is 14.9. The number of rotatable bonds is 9. The highest BCUT2D eigenvalue weighted by atomic mass is 127. The molecule has 1 amide bonds. The molecule has 1 fully saturated rings. The largest absolute Gasteiger partial charge is 0.492 e. The summed E-state index contributed by atoms with van der Waals surface area (Å²) in [6.07, 6.45) is 0. The van der Waals surface area contributed by atoms with Crippen LogP contribution in [0.5, 0.6) is 5.75 Å². The summed E-state index contributed by atoms with van der Waals surface area (Å²) in [5.74, 6) is 1.67. The lowest BCUT2D eigenvalue weighted by Gasteiger charge is -2.36. The molecule has 0 atom stereocenters. The topological polar surface area (TPSA) is 69.6 Å². The van der Waals surface area contributed by atoms with Gasteiger partial charge >= 0.3 is 0 Å². The second kappa shape index (κ2) is 14.4. The van der Waals surface area contributed by atoms with Gasteiger partial charge < -0.3 is 24.6 Å². The summed E-state index contributed by atoms with van der Waals surface area (Å²) in [5.41, 5.74) is 0. The Hall–Kier alpha value is -1.59. The van der Waals surface area contributed by atoms with Crippen LogP contribution in [0.1, 0.15) is 0 Å². The third-order valence-electron chi connectivity index (χ3n) is 4.54. The van der Waals surface area contributed by atoms with Crippen molar-refractivity contribution >= 4 is 35.8 Å². The number of carbonyl (C=O) groups is 1. The van der Waals surface area contributed by atoms with Gasteiger partial charge in [-0.15, -0.1) is 24.0 Å². The fourth-order valence-corrected chi connectivity index (χ4v) is 2.81. The number of nitrogens with one attached hydrogen (secondary N) is 1. The highest BCUT2D eigenvalue weighted by Crippen LogP contribution is 2.09. The highest BCUT2D eigenvalue weighted by molar-refractivity contribution is 14.0. The van der Waals surface area contributed by atoms with E-state index < -0.39 is 0 Å². The van der Waals surface area contributed by atoms with Gasteiger partial charge in [-0.2, -0.15) is 0 Å². The summed E-state index contributed by atoms with van der Waals surface area (Å²) < 4.78 is 10.9. The monoisotopic (exact) mass is 519 g/mol. The average molecular weight is 519 g/mol. The Morgan fingerprint density at radius 3 is 2.45 bits per heavy atom. The molecule has 8 nitrogen and oxygen atoms in total. The molecule has 1 N–H and O–H groups in total. The van der Waals surface area contributed by atoms with Crippen molar-refractivity contribution in [2.75, 3.05) is 80.2 Å². The Labute approximate surface area is 191 Å². The van der Waals surface area contributed by atoms with Crippen molar-refractivity contribution in [1.29, 1.82) is 0 Å². The Morgan fingerprint density at radius 1 is 1.14 bits per heavy atom. The number of hydrogen-bond donors (Lipinski definition) is 1. The maximum atomic E-state index is 11.9. The maximum Gasteiger partial charge on any atom is 0.243 e. The smallest absolute Gasteiger partial charge is 0.243 e. The number of guanidine groups is 1. The zero-order valence-corrected chi connectivity index (χ0v) is 20.0. The molecule has 29 heavy (non-hydrogen) atoms. The number of piperazine rings is 1. The van der Waals surface area contributed by atoms with Crippen molar-refractivity contribution in [2.24, 2.45) is 4.99 Å². The first-order valence-electron chi connectivity index (χ1n) is 9.72. The summed E-state index contributed by atoms with van der Waals surface area (Å²) in [7, 11) is 5.16. The Kier molecular flexibility index (Phi) is 12.6. The summed E-state index contributed by atoms with van der Waals surface area (Å²) in [5, 5.41) is 3.30. The quantitative estimate of drug-likeness (QED) is 0.227. The number of aliphatic imine (C=N–C) groups is 1. The van der Waals surface area contributed by atoms with Gasteiger partial charge in [0.15, 0.2) is 5.96 Å². The predicted molar refractivity (Wildman–Crippen MR) is 126 cm³/mol. The Balaban J connectivity index is 0.00000420. The van der Waals surface area contributed by atoms with E-state index in [0.29, 0.717) is 19.8 Å². The first-order valence-corrected chi connectivity index (χ1v) is 9.72. The van der Waals surface area contributed by atoms with Gasteiger partial charge in [0, 0.05) is 60.5 Å². The lowest BCUT2D eigenvalue weighted by atomic mass is 10.3. The van der Waals surface area contributed by atoms with E-state index in [9.17, 15) is 4.79 Å². The number of carbonyl (C=O) groups excluding carboxylic acids is 1. The molecule has 1 aliphatic heterocycles. The van der Waals surface area contributed by atoms with E-state index in [1.165, 1.54) is 0 Å². The van der Waals surface area contributed by atoms with Crippen LogP contribution in [0.15, 0.2) is 35.3 Å². The van der Waals surface area contributed by atoms with Gasteiger partial charge in [-0.25, -0.2) is 4.99 Å². The third kappa shape index (κ3) is 9.64. The molecule has 0 aromatic heterocycles. The summed E-state index contributed by atoms with van der Waals surface area (Å²) >= 11 is 0. The van der Waals surface area contributed by atoms with Crippen molar-refractivity contribution in [3.8, 4) is 5.75 Å². The zero-order valence-electron chi connectivity index (χ0n) is 17.7. The van der Waals surface area contributed by atoms with Crippen LogP contribution in [-0.2, 0) is 9.53 Å². The van der Waals surface area contributed by atoms with E-state index in [-0.39, 0.29) is 36.4 Å². The zero-order chi connectivity index (χ0) is 20.2. The summed E-state index contributed by atoms with van der Waals surface area (Å²) in [4.78, 5) is 22.5. The van der Waals surface area contributed by atoms with Crippen molar-refractivity contribution in [2.45, 2.75) is 0 Å². The first kappa shape index (κ1) is 25.4. The fraction of sp³-hybridized carbons (Fsp3) is 0.600. The SMILES string of the molecule is COCCNC(=NCC(=O)N(C)C)N1CCN(CCOc2ccccc2)CC1.I. The number of ether oxygens (including phenoxy) is 2. The van der Waals surface area contributed by atoms with Gasteiger partial charge in [0.25, 0.3) is 0 Å². The van der Waals surface area contributed by atoms with Gasteiger partial charge in [-0.1, -0.05) is 18.2 Å². The van der Waals surface area contributed by atoms with Gasteiger partial charge in [-0.3, -0.25) is 9.69 Å². The number of likely N-dealkylation sites (N-methyl/N-ethyl adjacent to an activating group) is 1. The number of benzene rings is 1. The van der Waals surface area contributed by atoms with Gasteiger partial charge in [0.05, 0.1) is 6.61 Å². The molecule has 1 aliphatic rings. The molecule has 0 spiro atoms. The van der Waals surface area contributed by atoms with Crippen LogP contribution < -0.4 is 10.1 Å². The van der Waals surface area contributed by atoms with Crippen molar-refractivity contribution in [1.82, 2.24) is 20.0 Å². The minimum Gasteiger partial charge on any atom is -0.492 e. The van der Waals surface area contributed by atoms with Crippen LogP contribution in [0.2, 0.25) is 0 Å². The molecule has 0 radical (unpaired) electrons. The van der Waals surface area contributed by atoms with E-state index in [4.69, 9.17) is 9.47 Å². The van der Waals surface area contributed by atoms with E-state index in [1.54, 1.807) is 26.1 Å². The molecule has 1 saturated heterocycles. The van der Waals surface area contributed by atoms with Gasteiger partial charge in [0.1, 0.15) is 18.9 Å². The fourth-order valence-electron chi connectivity index (χ4n) is 2.81. The molecule has 0 unspecified atom stereocenters. The lowest BCUT2D eigenvalue weighted by molar-refractivity contribution is -0.127. The maximum absolute atomic E-state index is 11.9. The lowest BCUT2D eigenvalue weighted by Crippen LogP contribution is -2.53. The van der Waals surface area contributed by atoms with Crippen LogP contribution in [0.3, 0.4) is 0 Å². The number of para-hydroxylation sites is 1. The van der Waals surface area contributed by atoms with Crippen LogP contribution >= 0.6 is 24.0 Å². The number of methoxy groups -OCH3 is 1. The molecular weight excluding hydrogens is 485 g/mol. The number of amides is 1. The Morgan fingerprint density at radius 2 is 1.83 bits per heavy atom. The molecule has 164 valence electrons. The summed E-state index contributed by atoms with van der Waals surface area (Å²) in [6, 6.07) is 9.89. The first-order chi connectivity index (χ1) is 13.6. The van der Waals surface area contributed by atoms with Crippen LogP contribution in [0.25, 0.3) is 0 Å². The Bertz CT molecular complexity index is 607. The van der Waals surface area contributed by atoms with Gasteiger partial charge in [-0.05, 0) is 12.1 Å². The molecule has 1 heterocycles. The second-order valence-corrected chi connectivity index (χ2v) is 6.84. The number of hydrogen-bond acceptors (Lipinski definition) is 5. The molecule has 9 heteroatoms. The molecule has 0 saturated carbocycles. The minimum atomic E-state index is -0.0114. The predicted octanol–water partition coefficient (Wildman–Crippen LogP) is 0.981. The van der Waals surface area contributed by atoms with Crippen LogP contribution in [0.4, 0.5) is 0 Å².